The lowest BCUT2D eigenvalue weighted by molar-refractivity contribution is -0.152. The number of fused-ring (bicyclic) bond motifs is 1. The predicted octanol–water partition coefficient (Wildman–Crippen LogP) is 2.63. The molecular formula is C15H19NO3. The highest BCUT2D eigenvalue weighted by atomic mass is 16.7. The molecule has 102 valence electrons. The molecule has 0 spiro atoms. The summed E-state index contributed by atoms with van der Waals surface area (Å²) in [5.41, 5.74) is 2.33. The summed E-state index contributed by atoms with van der Waals surface area (Å²) in [5.74, 6) is 0.864. The standard InChI is InChI=1S/C15H19NO3/c1-3-17-15(18-4-2)10-19-13-5-6-14-11(8-13)7-12(14)9-16/h5-6,8,12,15H,3-4,7,10H2,1-2H3. The normalized spacial score (nSPS) is 16.6. The van der Waals surface area contributed by atoms with Crippen LogP contribution in [0.3, 0.4) is 0 Å². The van der Waals surface area contributed by atoms with E-state index in [1.54, 1.807) is 0 Å². The Morgan fingerprint density at radius 1 is 1.32 bits per heavy atom. The van der Waals surface area contributed by atoms with Gasteiger partial charge < -0.3 is 14.2 Å². The molecule has 1 unspecified atom stereocenters. The molecule has 0 bridgehead atoms. The topological polar surface area (TPSA) is 51.5 Å². The van der Waals surface area contributed by atoms with E-state index in [0.717, 1.165) is 17.7 Å². The minimum Gasteiger partial charge on any atom is -0.488 e. The Balaban J connectivity index is 1.90. The van der Waals surface area contributed by atoms with E-state index in [-0.39, 0.29) is 12.2 Å². The van der Waals surface area contributed by atoms with Crippen LogP contribution in [0, 0.1) is 11.3 Å². The van der Waals surface area contributed by atoms with Crippen LogP contribution in [-0.4, -0.2) is 26.1 Å². The van der Waals surface area contributed by atoms with Crippen LogP contribution in [0.15, 0.2) is 18.2 Å². The summed E-state index contributed by atoms with van der Waals surface area (Å²) in [4.78, 5) is 0. The Labute approximate surface area is 113 Å². The molecule has 1 aliphatic carbocycles. The van der Waals surface area contributed by atoms with Gasteiger partial charge in [-0.15, -0.1) is 0 Å². The Morgan fingerprint density at radius 3 is 2.63 bits per heavy atom. The van der Waals surface area contributed by atoms with Gasteiger partial charge in [-0.2, -0.15) is 5.26 Å². The summed E-state index contributed by atoms with van der Waals surface area (Å²) >= 11 is 0. The number of rotatable bonds is 7. The molecule has 0 aromatic heterocycles. The van der Waals surface area contributed by atoms with E-state index in [9.17, 15) is 0 Å². The molecule has 1 aliphatic rings. The molecule has 1 atom stereocenters. The van der Waals surface area contributed by atoms with Crippen molar-refractivity contribution in [2.24, 2.45) is 0 Å². The van der Waals surface area contributed by atoms with Gasteiger partial charge in [0.15, 0.2) is 6.29 Å². The zero-order valence-electron chi connectivity index (χ0n) is 11.4. The van der Waals surface area contributed by atoms with Gasteiger partial charge in [-0.05, 0) is 43.5 Å². The minimum absolute atomic E-state index is 0.0589. The lowest BCUT2D eigenvalue weighted by Crippen LogP contribution is -2.25. The van der Waals surface area contributed by atoms with Gasteiger partial charge in [-0.3, -0.25) is 0 Å². The quantitative estimate of drug-likeness (QED) is 0.708. The maximum atomic E-state index is 8.88. The third-order valence-corrected chi connectivity index (χ3v) is 3.16. The maximum absolute atomic E-state index is 8.88. The second-order valence-corrected chi connectivity index (χ2v) is 4.40. The van der Waals surface area contributed by atoms with E-state index >= 15 is 0 Å². The highest BCUT2D eigenvalue weighted by Crippen LogP contribution is 2.36. The molecule has 0 heterocycles. The smallest absolute Gasteiger partial charge is 0.191 e. The molecule has 0 fully saturated rings. The maximum Gasteiger partial charge on any atom is 0.191 e. The lowest BCUT2D eigenvalue weighted by atomic mass is 9.78. The largest absolute Gasteiger partial charge is 0.488 e. The fraction of sp³-hybridized carbons (Fsp3) is 0.533. The molecule has 19 heavy (non-hydrogen) atoms. The third-order valence-electron chi connectivity index (χ3n) is 3.16. The molecule has 1 aromatic rings. The monoisotopic (exact) mass is 261 g/mol. The fourth-order valence-electron chi connectivity index (χ4n) is 2.18. The van der Waals surface area contributed by atoms with Gasteiger partial charge in [0.2, 0.25) is 0 Å². The number of nitriles is 1. The highest BCUT2D eigenvalue weighted by Gasteiger charge is 2.26. The molecule has 4 nitrogen and oxygen atoms in total. The average molecular weight is 261 g/mol. The van der Waals surface area contributed by atoms with Gasteiger partial charge in [0.05, 0.1) is 12.0 Å². The molecule has 1 aromatic carbocycles. The third kappa shape index (κ3) is 3.25. The second kappa shape index (κ2) is 6.55. The number of hydrogen-bond donors (Lipinski definition) is 0. The lowest BCUT2D eigenvalue weighted by Gasteiger charge is -2.25. The SMILES string of the molecule is CCOC(COc1ccc2c(c1)CC2C#N)OCC. The van der Waals surface area contributed by atoms with Crippen molar-refractivity contribution in [1.82, 2.24) is 0 Å². The van der Waals surface area contributed by atoms with Crippen LogP contribution < -0.4 is 4.74 Å². The van der Waals surface area contributed by atoms with Gasteiger partial charge in [0.1, 0.15) is 12.4 Å². The highest BCUT2D eigenvalue weighted by molar-refractivity contribution is 5.47. The zero-order chi connectivity index (χ0) is 13.7. The molecular weight excluding hydrogens is 242 g/mol. The van der Waals surface area contributed by atoms with Crippen LogP contribution in [0.25, 0.3) is 0 Å². The summed E-state index contributed by atoms with van der Waals surface area (Å²) in [6, 6.07) is 8.15. The van der Waals surface area contributed by atoms with Crippen LogP contribution in [0.5, 0.6) is 5.75 Å². The van der Waals surface area contributed by atoms with Crippen LogP contribution in [0.4, 0.5) is 0 Å². The van der Waals surface area contributed by atoms with Crippen LogP contribution >= 0.6 is 0 Å². The summed E-state index contributed by atoms with van der Waals surface area (Å²) in [7, 11) is 0. The Kier molecular flexibility index (Phi) is 4.78. The van der Waals surface area contributed by atoms with Crippen molar-refractivity contribution in [2.75, 3.05) is 19.8 Å². The molecule has 0 aliphatic heterocycles. The van der Waals surface area contributed by atoms with E-state index in [0.29, 0.717) is 19.8 Å². The fourth-order valence-corrected chi connectivity index (χ4v) is 2.18. The molecule has 0 saturated carbocycles. The van der Waals surface area contributed by atoms with Gasteiger partial charge in [0, 0.05) is 13.2 Å². The van der Waals surface area contributed by atoms with E-state index in [1.165, 1.54) is 5.56 Å². The van der Waals surface area contributed by atoms with Crippen molar-refractivity contribution in [2.45, 2.75) is 32.5 Å². The Morgan fingerprint density at radius 2 is 2.05 bits per heavy atom. The summed E-state index contributed by atoms with van der Waals surface area (Å²) in [5, 5.41) is 8.88. The van der Waals surface area contributed by atoms with Crippen molar-refractivity contribution in [1.29, 1.82) is 5.26 Å². The van der Waals surface area contributed by atoms with Crippen LogP contribution in [-0.2, 0) is 15.9 Å². The summed E-state index contributed by atoms with van der Waals surface area (Å²) < 4.78 is 16.5. The zero-order valence-corrected chi connectivity index (χ0v) is 11.4. The summed E-state index contributed by atoms with van der Waals surface area (Å²) in [6.45, 7) is 5.44. The molecule has 0 amide bonds. The van der Waals surface area contributed by atoms with Crippen molar-refractivity contribution in [3.63, 3.8) is 0 Å². The van der Waals surface area contributed by atoms with Crippen LogP contribution in [0.2, 0.25) is 0 Å². The Hall–Kier alpha value is -1.57. The predicted molar refractivity (Wildman–Crippen MR) is 71.0 cm³/mol. The van der Waals surface area contributed by atoms with E-state index in [1.807, 2.05) is 32.0 Å². The van der Waals surface area contributed by atoms with E-state index < -0.39 is 0 Å². The van der Waals surface area contributed by atoms with Gasteiger partial charge in [0.25, 0.3) is 0 Å². The number of nitrogens with zero attached hydrogens (tertiary/aromatic N) is 1. The number of benzene rings is 1. The van der Waals surface area contributed by atoms with Crippen molar-refractivity contribution < 1.29 is 14.2 Å². The first-order chi connectivity index (χ1) is 9.28. The second-order valence-electron chi connectivity index (χ2n) is 4.40. The van der Waals surface area contributed by atoms with Gasteiger partial charge in [-0.1, -0.05) is 6.07 Å². The Bertz CT molecular complexity index is 461. The van der Waals surface area contributed by atoms with Crippen molar-refractivity contribution in [3.05, 3.63) is 29.3 Å². The van der Waals surface area contributed by atoms with Crippen molar-refractivity contribution in [3.8, 4) is 11.8 Å². The molecule has 0 saturated heterocycles. The first kappa shape index (κ1) is 13.9. The van der Waals surface area contributed by atoms with Crippen LogP contribution in [0.1, 0.15) is 30.9 Å². The number of hydrogen-bond acceptors (Lipinski definition) is 4. The molecule has 0 N–H and O–H groups in total. The number of ether oxygens (including phenoxy) is 3. The van der Waals surface area contributed by atoms with E-state index in [2.05, 4.69) is 6.07 Å². The molecule has 2 rings (SSSR count). The molecule has 0 radical (unpaired) electrons. The van der Waals surface area contributed by atoms with Gasteiger partial charge in [-0.25, -0.2) is 0 Å². The minimum atomic E-state index is -0.326. The first-order valence-electron chi connectivity index (χ1n) is 6.66. The van der Waals surface area contributed by atoms with E-state index in [4.69, 9.17) is 19.5 Å². The molecule has 4 heteroatoms. The average Bonchev–Trinajstić information content (AvgIpc) is 2.39. The first-order valence-corrected chi connectivity index (χ1v) is 6.66. The summed E-state index contributed by atoms with van der Waals surface area (Å²) in [6.07, 6.45) is 0.497. The van der Waals surface area contributed by atoms with Gasteiger partial charge >= 0.3 is 0 Å². The van der Waals surface area contributed by atoms with Crippen molar-refractivity contribution >= 4 is 0 Å².